The number of carbonyl (C=O) groups excluding carboxylic acids is 1. The topological polar surface area (TPSA) is 32.3 Å². The lowest BCUT2D eigenvalue weighted by atomic mass is 10.1. The van der Waals surface area contributed by atoms with E-state index < -0.39 is 0 Å². The molecule has 1 N–H and O–H groups in total. The van der Waals surface area contributed by atoms with E-state index >= 15 is 0 Å². The van der Waals surface area contributed by atoms with Crippen LogP contribution < -0.4 is 5.32 Å². The number of hydrogen-bond donors (Lipinski definition) is 1. The van der Waals surface area contributed by atoms with Gasteiger partial charge in [0.05, 0.1) is 6.04 Å². The maximum atomic E-state index is 12.5. The first-order valence-electron chi connectivity index (χ1n) is 9.39. The SMILES string of the molecule is C[C@H](NC(=O)c1ccc(CN2CCCCCC2)cc1)c1ccccc1. The van der Waals surface area contributed by atoms with E-state index in [0.717, 1.165) is 17.7 Å². The first-order chi connectivity index (χ1) is 12.2. The predicted molar refractivity (Wildman–Crippen MR) is 103 cm³/mol. The summed E-state index contributed by atoms with van der Waals surface area (Å²) >= 11 is 0. The Labute approximate surface area is 151 Å². The van der Waals surface area contributed by atoms with E-state index in [4.69, 9.17) is 0 Å². The van der Waals surface area contributed by atoms with Crippen molar-refractivity contribution in [2.75, 3.05) is 13.1 Å². The highest BCUT2D eigenvalue weighted by molar-refractivity contribution is 5.94. The lowest BCUT2D eigenvalue weighted by Crippen LogP contribution is -2.27. The van der Waals surface area contributed by atoms with E-state index in [1.54, 1.807) is 0 Å². The molecule has 132 valence electrons. The molecule has 1 aliphatic heterocycles. The molecule has 0 aromatic heterocycles. The van der Waals surface area contributed by atoms with Crippen molar-refractivity contribution in [2.24, 2.45) is 0 Å². The van der Waals surface area contributed by atoms with Crippen LogP contribution in [0.15, 0.2) is 54.6 Å². The van der Waals surface area contributed by atoms with Gasteiger partial charge in [-0.2, -0.15) is 0 Å². The molecular weight excluding hydrogens is 308 g/mol. The van der Waals surface area contributed by atoms with E-state index in [1.165, 1.54) is 44.3 Å². The van der Waals surface area contributed by atoms with Gasteiger partial charge in [0.15, 0.2) is 0 Å². The Kier molecular flexibility index (Phi) is 6.24. The van der Waals surface area contributed by atoms with Crippen molar-refractivity contribution in [3.63, 3.8) is 0 Å². The maximum Gasteiger partial charge on any atom is 0.251 e. The lowest BCUT2D eigenvalue weighted by Gasteiger charge is -2.20. The molecule has 1 aliphatic rings. The second-order valence-corrected chi connectivity index (χ2v) is 6.99. The zero-order valence-corrected chi connectivity index (χ0v) is 15.1. The zero-order valence-electron chi connectivity index (χ0n) is 15.1. The van der Waals surface area contributed by atoms with Gasteiger partial charge >= 0.3 is 0 Å². The van der Waals surface area contributed by atoms with Gasteiger partial charge in [0, 0.05) is 12.1 Å². The van der Waals surface area contributed by atoms with Crippen molar-refractivity contribution >= 4 is 5.91 Å². The fourth-order valence-electron chi connectivity index (χ4n) is 3.42. The summed E-state index contributed by atoms with van der Waals surface area (Å²) in [6, 6.07) is 18.1. The average Bonchev–Trinajstić information content (AvgIpc) is 2.91. The number of rotatable bonds is 5. The molecule has 1 heterocycles. The molecule has 2 aromatic rings. The van der Waals surface area contributed by atoms with Gasteiger partial charge in [-0.1, -0.05) is 55.3 Å². The van der Waals surface area contributed by atoms with E-state index in [9.17, 15) is 4.79 Å². The Morgan fingerprint density at radius 1 is 0.960 bits per heavy atom. The van der Waals surface area contributed by atoms with Crippen molar-refractivity contribution in [1.82, 2.24) is 10.2 Å². The number of amides is 1. The smallest absolute Gasteiger partial charge is 0.251 e. The summed E-state index contributed by atoms with van der Waals surface area (Å²) in [4.78, 5) is 15.0. The van der Waals surface area contributed by atoms with Crippen LogP contribution in [0.2, 0.25) is 0 Å². The van der Waals surface area contributed by atoms with Gasteiger partial charge in [-0.05, 0) is 56.1 Å². The largest absolute Gasteiger partial charge is 0.346 e. The third kappa shape index (κ3) is 5.17. The van der Waals surface area contributed by atoms with Gasteiger partial charge < -0.3 is 5.32 Å². The van der Waals surface area contributed by atoms with Gasteiger partial charge in [-0.25, -0.2) is 0 Å². The van der Waals surface area contributed by atoms with Crippen LogP contribution in [0, 0.1) is 0 Å². The fourth-order valence-corrected chi connectivity index (χ4v) is 3.42. The van der Waals surface area contributed by atoms with E-state index in [0.29, 0.717) is 0 Å². The highest BCUT2D eigenvalue weighted by Gasteiger charge is 2.12. The summed E-state index contributed by atoms with van der Waals surface area (Å²) in [5.74, 6) is -0.0160. The molecule has 0 unspecified atom stereocenters. The van der Waals surface area contributed by atoms with Crippen LogP contribution in [0.4, 0.5) is 0 Å². The Morgan fingerprint density at radius 3 is 2.24 bits per heavy atom. The second kappa shape index (κ2) is 8.82. The number of nitrogens with zero attached hydrogens (tertiary/aromatic N) is 1. The summed E-state index contributed by atoms with van der Waals surface area (Å²) in [6.45, 7) is 5.39. The van der Waals surface area contributed by atoms with Crippen LogP contribution in [-0.4, -0.2) is 23.9 Å². The summed E-state index contributed by atoms with van der Waals surface area (Å²) in [5, 5.41) is 3.07. The minimum Gasteiger partial charge on any atom is -0.346 e. The first kappa shape index (κ1) is 17.7. The van der Waals surface area contributed by atoms with Crippen molar-refractivity contribution in [1.29, 1.82) is 0 Å². The molecule has 3 rings (SSSR count). The van der Waals surface area contributed by atoms with Crippen molar-refractivity contribution in [3.05, 3.63) is 71.3 Å². The summed E-state index contributed by atoms with van der Waals surface area (Å²) in [7, 11) is 0. The summed E-state index contributed by atoms with van der Waals surface area (Å²) < 4.78 is 0. The summed E-state index contributed by atoms with van der Waals surface area (Å²) in [5.41, 5.74) is 3.13. The standard InChI is InChI=1S/C22H28N2O/c1-18(20-9-5-4-6-10-20)23-22(25)21-13-11-19(12-14-21)17-24-15-7-2-3-8-16-24/h4-6,9-14,18H,2-3,7-8,15-17H2,1H3,(H,23,25)/t18-/m0/s1. The van der Waals surface area contributed by atoms with Gasteiger partial charge in [0.1, 0.15) is 0 Å². The molecule has 0 radical (unpaired) electrons. The van der Waals surface area contributed by atoms with Gasteiger partial charge in [0.2, 0.25) is 0 Å². The minimum atomic E-state index is -0.0160. The molecule has 0 spiro atoms. The van der Waals surface area contributed by atoms with Crippen LogP contribution in [0.1, 0.15) is 60.1 Å². The summed E-state index contributed by atoms with van der Waals surface area (Å²) in [6.07, 6.45) is 5.32. The van der Waals surface area contributed by atoms with E-state index in [1.807, 2.05) is 49.4 Å². The van der Waals surface area contributed by atoms with Gasteiger partial charge in [-0.3, -0.25) is 9.69 Å². The van der Waals surface area contributed by atoms with Gasteiger partial charge in [-0.15, -0.1) is 0 Å². The first-order valence-corrected chi connectivity index (χ1v) is 9.39. The lowest BCUT2D eigenvalue weighted by molar-refractivity contribution is 0.0940. The molecule has 3 nitrogen and oxygen atoms in total. The second-order valence-electron chi connectivity index (χ2n) is 6.99. The van der Waals surface area contributed by atoms with Crippen molar-refractivity contribution in [2.45, 2.75) is 45.2 Å². The van der Waals surface area contributed by atoms with Crippen LogP contribution in [0.5, 0.6) is 0 Å². The molecule has 0 bridgehead atoms. The monoisotopic (exact) mass is 336 g/mol. The molecule has 2 aromatic carbocycles. The molecule has 3 heteroatoms. The fraction of sp³-hybridized carbons (Fsp3) is 0.409. The molecule has 25 heavy (non-hydrogen) atoms. The normalized spacial score (nSPS) is 16.8. The molecular formula is C22H28N2O. The number of hydrogen-bond acceptors (Lipinski definition) is 2. The van der Waals surface area contributed by atoms with Gasteiger partial charge in [0.25, 0.3) is 5.91 Å². The highest BCUT2D eigenvalue weighted by atomic mass is 16.1. The zero-order chi connectivity index (χ0) is 17.5. The van der Waals surface area contributed by atoms with Crippen LogP contribution in [0.3, 0.4) is 0 Å². The average molecular weight is 336 g/mol. The number of likely N-dealkylation sites (tertiary alicyclic amines) is 1. The Bertz CT molecular complexity index is 658. The third-order valence-electron chi connectivity index (χ3n) is 4.97. The minimum absolute atomic E-state index is 0.00507. The van der Waals surface area contributed by atoms with Crippen molar-refractivity contribution < 1.29 is 4.79 Å². The van der Waals surface area contributed by atoms with Crippen LogP contribution in [0.25, 0.3) is 0 Å². The Balaban J connectivity index is 1.56. The quantitative estimate of drug-likeness (QED) is 0.868. The number of carbonyl (C=O) groups is 1. The number of benzene rings is 2. The molecule has 0 saturated carbocycles. The highest BCUT2D eigenvalue weighted by Crippen LogP contribution is 2.15. The molecule has 1 atom stereocenters. The van der Waals surface area contributed by atoms with Crippen LogP contribution in [-0.2, 0) is 6.54 Å². The predicted octanol–water partition coefficient (Wildman–Crippen LogP) is 4.55. The maximum absolute atomic E-state index is 12.5. The molecule has 1 saturated heterocycles. The van der Waals surface area contributed by atoms with Crippen LogP contribution >= 0.6 is 0 Å². The molecule has 1 amide bonds. The Morgan fingerprint density at radius 2 is 1.60 bits per heavy atom. The Hall–Kier alpha value is -2.13. The third-order valence-corrected chi connectivity index (χ3v) is 4.97. The van der Waals surface area contributed by atoms with Crippen molar-refractivity contribution in [3.8, 4) is 0 Å². The molecule has 0 aliphatic carbocycles. The van der Waals surface area contributed by atoms with E-state index in [2.05, 4.69) is 22.3 Å². The van der Waals surface area contributed by atoms with E-state index in [-0.39, 0.29) is 11.9 Å². The molecule has 1 fully saturated rings. The number of nitrogens with one attached hydrogen (secondary N) is 1.